The molecular weight excluding hydrogens is 294 g/mol. The molecular formula is C14H16ClN3OS. The maximum absolute atomic E-state index is 5.98. The van der Waals surface area contributed by atoms with E-state index in [-0.39, 0.29) is 6.04 Å². The minimum Gasteiger partial charge on any atom is -0.366 e. The Morgan fingerprint density at radius 3 is 2.85 bits per heavy atom. The van der Waals surface area contributed by atoms with Crippen LogP contribution in [0.1, 0.15) is 18.7 Å². The first-order chi connectivity index (χ1) is 9.52. The lowest BCUT2D eigenvalue weighted by molar-refractivity contribution is 0.293. The molecule has 1 atom stereocenters. The predicted octanol–water partition coefficient (Wildman–Crippen LogP) is 3.49. The van der Waals surface area contributed by atoms with Crippen molar-refractivity contribution in [1.82, 2.24) is 15.4 Å². The summed E-state index contributed by atoms with van der Waals surface area (Å²) in [7, 11) is 3.70. The van der Waals surface area contributed by atoms with Gasteiger partial charge in [-0.1, -0.05) is 28.9 Å². The van der Waals surface area contributed by atoms with Crippen LogP contribution in [0.2, 0.25) is 5.02 Å². The fourth-order valence-electron chi connectivity index (χ4n) is 1.81. The standard InChI is InChI=1S/C14H16ClN3OS/c1-9(18(3)14(20)16-2)13-8-12(17-19-13)10-5-4-6-11(15)7-10/h4-9H,1-3H3,(H,16,20). The molecule has 1 aromatic carbocycles. The SMILES string of the molecule is CNC(=S)N(C)C(C)c1cc(-c2cccc(Cl)c2)no1. The smallest absolute Gasteiger partial charge is 0.169 e. The Labute approximate surface area is 128 Å². The zero-order valence-electron chi connectivity index (χ0n) is 11.6. The normalized spacial score (nSPS) is 12.0. The highest BCUT2D eigenvalue weighted by molar-refractivity contribution is 7.80. The average molecular weight is 310 g/mol. The Morgan fingerprint density at radius 1 is 1.45 bits per heavy atom. The van der Waals surface area contributed by atoms with Gasteiger partial charge in [0.1, 0.15) is 5.69 Å². The number of hydrogen-bond acceptors (Lipinski definition) is 3. The molecule has 2 aromatic rings. The molecule has 0 saturated heterocycles. The van der Waals surface area contributed by atoms with E-state index in [1.807, 2.05) is 49.2 Å². The molecule has 0 amide bonds. The van der Waals surface area contributed by atoms with Crippen molar-refractivity contribution in [3.8, 4) is 11.3 Å². The number of hydrogen-bond donors (Lipinski definition) is 1. The molecule has 1 aromatic heterocycles. The van der Waals surface area contributed by atoms with Crippen molar-refractivity contribution in [3.63, 3.8) is 0 Å². The van der Waals surface area contributed by atoms with Gasteiger partial charge in [0.15, 0.2) is 10.9 Å². The van der Waals surface area contributed by atoms with E-state index in [1.165, 1.54) is 0 Å². The summed E-state index contributed by atoms with van der Waals surface area (Å²) in [6.07, 6.45) is 0. The molecule has 1 N–H and O–H groups in total. The molecule has 4 nitrogen and oxygen atoms in total. The van der Waals surface area contributed by atoms with Gasteiger partial charge >= 0.3 is 0 Å². The highest BCUT2D eigenvalue weighted by Gasteiger charge is 2.19. The molecule has 0 radical (unpaired) electrons. The van der Waals surface area contributed by atoms with E-state index < -0.39 is 0 Å². The Hall–Kier alpha value is -1.59. The first-order valence-corrected chi connectivity index (χ1v) is 6.98. The van der Waals surface area contributed by atoms with Crippen LogP contribution < -0.4 is 5.32 Å². The minimum absolute atomic E-state index is 0.00427. The van der Waals surface area contributed by atoms with Gasteiger partial charge in [-0.15, -0.1) is 0 Å². The van der Waals surface area contributed by atoms with Crippen LogP contribution in [0.4, 0.5) is 0 Å². The number of halogens is 1. The van der Waals surface area contributed by atoms with Crippen molar-refractivity contribution in [2.24, 2.45) is 0 Å². The topological polar surface area (TPSA) is 41.3 Å². The lowest BCUT2D eigenvalue weighted by atomic mass is 10.1. The van der Waals surface area contributed by atoms with Gasteiger partial charge < -0.3 is 14.7 Å². The number of nitrogens with one attached hydrogen (secondary N) is 1. The van der Waals surface area contributed by atoms with Crippen LogP contribution >= 0.6 is 23.8 Å². The van der Waals surface area contributed by atoms with Gasteiger partial charge in [0.05, 0.1) is 6.04 Å². The number of benzene rings is 1. The monoisotopic (exact) mass is 309 g/mol. The maximum atomic E-state index is 5.98. The van der Waals surface area contributed by atoms with E-state index >= 15 is 0 Å². The summed E-state index contributed by atoms with van der Waals surface area (Å²) in [6, 6.07) is 9.42. The van der Waals surface area contributed by atoms with Gasteiger partial charge in [0, 0.05) is 30.7 Å². The van der Waals surface area contributed by atoms with Crippen molar-refractivity contribution in [2.75, 3.05) is 14.1 Å². The Bertz CT molecular complexity index is 614. The van der Waals surface area contributed by atoms with E-state index in [0.717, 1.165) is 17.0 Å². The number of rotatable bonds is 3. The largest absolute Gasteiger partial charge is 0.366 e. The summed E-state index contributed by atoms with van der Waals surface area (Å²) in [6.45, 7) is 2.01. The Balaban J connectivity index is 2.23. The first kappa shape index (κ1) is 14.8. The lowest BCUT2D eigenvalue weighted by Gasteiger charge is -2.24. The van der Waals surface area contributed by atoms with Gasteiger partial charge in [-0.25, -0.2) is 0 Å². The molecule has 106 valence electrons. The van der Waals surface area contributed by atoms with Crippen LogP contribution in [0.15, 0.2) is 34.9 Å². The summed E-state index contributed by atoms with van der Waals surface area (Å²) in [5.74, 6) is 0.750. The second-order valence-corrected chi connectivity index (χ2v) is 5.29. The van der Waals surface area contributed by atoms with Crippen LogP contribution in [0.5, 0.6) is 0 Å². The molecule has 0 saturated carbocycles. The van der Waals surface area contributed by atoms with Crippen LogP contribution in [-0.4, -0.2) is 29.3 Å². The van der Waals surface area contributed by atoms with Gasteiger partial charge in [-0.3, -0.25) is 0 Å². The van der Waals surface area contributed by atoms with Crippen LogP contribution in [-0.2, 0) is 0 Å². The quantitative estimate of drug-likeness (QED) is 0.879. The van der Waals surface area contributed by atoms with Gasteiger partial charge in [0.25, 0.3) is 0 Å². The number of thiocarbonyl (C=S) groups is 1. The zero-order valence-corrected chi connectivity index (χ0v) is 13.1. The number of nitrogens with zero attached hydrogens (tertiary/aromatic N) is 2. The number of aromatic nitrogens is 1. The fourth-order valence-corrected chi connectivity index (χ4v) is 2.16. The van der Waals surface area contributed by atoms with Gasteiger partial charge in [-0.05, 0) is 31.3 Å². The predicted molar refractivity (Wildman–Crippen MR) is 84.8 cm³/mol. The lowest BCUT2D eigenvalue weighted by Crippen LogP contribution is -2.36. The third-order valence-electron chi connectivity index (χ3n) is 3.18. The summed E-state index contributed by atoms with van der Waals surface area (Å²) >= 11 is 11.2. The fraction of sp³-hybridized carbons (Fsp3) is 0.286. The molecule has 6 heteroatoms. The molecule has 0 aliphatic heterocycles. The van der Waals surface area contributed by atoms with Crippen LogP contribution in [0, 0.1) is 0 Å². The van der Waals surface area contributed by atoms with E-state index in [9.17, 15) is 0 Å². The van der Waals surface area contributed by atoms with Crippen molar-refractivity contribution in [3.05, 3.63) is 41.1 Å². The highest BCUT2D eigenvalue weighted by Crippen LogP contribution is 2.26. The Kier molecular flexibility index (Phi) is 4.62. The molecule has 2 rings (SSSR count). The van der Waals surface area contributed by atoms with Gasteiger partial charge in [-0.2, -0.15) is 0 Å². The molecule has 0 spiro atoms. The summed E-state index contributed by atoms with van der Waals surface area (Å²) in [5, 5.41) is 8.36. The van der Waals surface area contributed by atoms with E-state index in [2.05, 4.69) is 10.5 Å². The molecule has 0 bridgehead atoms. The van der Waals surface area contributed by atoms with Crippen molar-refractivity contribution >= 4 is 28.9 Å². The van der Waals surface area contributed by atoms with Crippen molar-refractivity contribution in [2.45, 2.75) is 13.0 Å². The highest BCUT2D eigenvalue weighted by atomic mass is 35.5. The maximum Gasteiger partial charge on any atom is 0.169 e. The van der Waals surface area contributed by atoms with E-state index in [0.29, 0.717) is 10.1 Å². The van der Waals surface area contributed by atoms with Crippen molar-refractivity contribution in [1.29, 1.82) is 0 Å². The van der Waals surface area contributed by atoms with E-state index in [1.54, 1.807) is 7.05 Å². The van der Waals surface area contributed by atoms with Crippen molar-refractivity contribution < 1.29 is 4.52 Å². The second-order valence-electron chi connectivity index (χ2n) is 4.47. The van der Waals surface area contributed by atoms with E-state index in [4.69, 9.17) is 28.3 Å². The molecule has 20 heavy (non-hydrogen) atoms. The average Bonchev–Trinajstić information content (AvgIpc) is 2.94. The first-order valence-electron chi connectivity index (χ1n) is 6.20. The molecule has 0 aliphatic carbocycles. The summed E-state index contributed by atoms with van der Waals surface area (Å²) in [5.41, 5.74) is 1.69. The second kappa shape index (κ2) is 6.24. The molecule has 0 aliphatic rings. The summed E-state index contributed by atoms with van der Waals surface area (Å²) in [4.78, 5) is 1.91. The third-order valence-corrected chi connectivity index (χ3v) is 3.90. The Morgan fingerprint density at radius 2 is 2.20 bits per heavy atom. The molecule has 1 heterocycles. The third kappa shape index (κ3) is 3.11. The molecule has 1 unspecified atom stereocenters. The zero-order chi connectivity index (χ0) is 14.7. The molecule has 0 fully saturated rings. The van der Waals surface area contributed by atoms with Gasteiger partial charge in [0.2, 0.25) is 0 Å². The minimum atomic E-state index is -0.00427. The summed E-state index contributed by atoms with van der Waals surface area (Å²) < 4.78 is 5.41. The van der Waals surface area contributed by atoms with Crippen LogP contribution in [0.25, 0.3) is 11.3 Å². The van der Waals surface area contributed by atoms with Crippen LogP contribution in [0.3, 0.4) is 0 Å².